The zero-order valence-corrected chi connectivity index (χ0v) is 21.1. The smallest absolute Gasteiger partial charge is 0.333 e. The van der Waals surface area contributed by atoms with Gasteiger partial charge in [-0.05, 0) is 54.8 Å². The number of piperidine rings is 1. The molecule has 1 fully saturated rings. The summed E-state index contributed by atoms with van der Waals surface area (Å²) in [5, 5.41) is 4.50. The molecule has 0 amide bonds. The van der Waals surface area contributed by atoms with Crippen LogP contribution < -0.4 is 5.32 Å². The van der Waals surface area contributed by atoms with Crippen molar-refractivity contribution in [3.05, 3.63) is 76.7 Å². The highest BCUT2D eigenvalue weighted by Gasteiger charge is 2.35. The molecule has 4 rings (SSSR count). The van der Waals surface area contributed by atoms with E-state index in [9.17, 15) is 27.2 Å². The monoisotopic (exact) mass is 536 g/mol. The van der Waals surface area contributed by atoms with Crippen LogP contribution >= 0.6 is 11.8 Å². The van der Waals surface area contributed by atoms with E-state index in [4.69, 9.17) is 4.74 Å². The maximum atomic E-state index is 14.0. The molecule has 0 spiro atoms. The van der Waals surface area contributed by atoms with Gasteiger partial charge in [0.2, 0.25) is 0 Å². The summed E-state index contributed by atoms with van der Waals surface area (Å²) in [7, 11) is 0. The lowest BCUT2D eigenvalue weighted by Crippen LogP contribution is -2.48. The van der Waals surface area contributed by atoms with Crippen LogP contribution in [0.1, 0.15) is 37.8 Å². The van der Waals surface area contributed by atoms with E-state index in [0.29, 0.717) is 19.5 Å². The number of allylic oxidation sites excluding steroid dienone is 1. The molecule has 2 aliphatic rings. The molecule has 10 heteroatoms. The van der Waals surface area contributed by atoms with Crippen LogP contribution in [0.15, 0.2) is 47.9 Å². The maximum Gasteiger partial charge on any atom is 0.333 e. The van der Waals surface area contributed by atoms with Gasteiger partial charge in [-0.3, -0.25) is 9.69 Å². The van der Waals surface area contributed by atoms with E-state index < -0.39 is 41.4 Å². The Morgan fingerprint density at radius 1 is 1.16 bits per heavy atom. The van der Waals surface area contributed by atoms with Crippen molar-refractivity contribution in [3.8, 4) is 0 Å². The zero-order chi connectivity index (χ0) is 26.5. The average Bonchev–Trinajstić information content (AvgIpc) is 3.41. The van der Waals surface area contributed by atoms with E-state index in [1.54, 1.807) is 0 Å². The van der Waals surface area contributed by atoms with Gasteiger partial charge < -0.3 is 10.1 Å². The van der Waals surface area contributed by atoms with Gasteiger partial charge in [-0.25, -0.2) is 22.4 Å². The first kappa shape index (κ1) is 27.2. The summed E-state index contributed by atoms with van der Waals surface area (Å²) >= 11 is 1.50. The van der Waals surface area contributed by atoms with Crippen LogP contribution in [0.4, 0.5) is 23.2 Å². The summed E-state index contributed by atoms with van der Waals surface area (Å²) < 4.78 is 61.0. The Hall–Kier alpha value is -2.85. The molecule has 0 radical (unpaired) electrons. The number of thioether (sulfide) groups is 1. The minimum atomic E-state index is -1.63. The minimum Gasteiger partial charge on any atom is -0.459 e. The first-order chi connectivity index (χ1) is 17.7. The van der Waals surface area contributed by atoms with Gasteiger partial charge in [-0.2, -0.15) is 0 Å². The van der Waals surface area contributed by atoms with Crippen molar-refractivity contribution in [2.45, 2.75) is 43.6 Å². The van der Waals surface area contributed by atoms with E-state index >= 15 is 0 Å². The molecule has 2 heterocycles. The predicted octanol–water partition coefficient (Wildman–Crippen LogP) is 5.63. The topological polar surface area (TPSA) is 58.6 Å². The van der Waals surface area contributed by atoms with Gasteiger partial charge >= 0.3 is 5.97 Å². The number of nitrogens with one attached hydrogen (secondary N) is 1. The number of halogens is 4. The van der Waals surface area contributed by atoms with Gasteiger partial charge in [-0.1, -0.05) is 25.1 Å². The molecular formula is C27H28F4N2O3S. The van der Waals surface area contributed by atoms with E-state index in [1.165, 1.54) is 30.0 Å². The summed E-state index contributed by atoms with van der Waals surface area (Å²) in [6.45, 7) is 3.29. The number of carbonyl (C=O) groups is 2. The lowest BCUT2D eigenvalue weighted by Gasteiger charge is -2.38. The highest BCUT2D eigenvalue weighted by molar-refractivity contribution is 8.03. The first-order valence-corrected chi connectivity index (χ1v) is 13.1. The molecule has 1 N–H and O–H groups in total. The molecule has 0 saturated carbocycles. The van der Waals surface area contributed by atoms with E-state index in [0.717, 1.165) is 31.0 Å². The van der Waals surface area contributed by atoms with Crippen LogP contribution in [-0.4, -0.2) is 47.6 Å². The van der Waals surface area contributed by atoms with E-state index in [1.807, 2.05) is 23.3 Å². The summed E-state index contributed by atoms with van der Waals surface area (Å²) in [6.07, 6.45) is 3.62. The fourth-order valence-corrected chi connectivity index (χ4v) is 5.54. The third kappa shape index (κ3) is 6.73. The van der Waals surface area contributed by atoms with Crippen LogP contribution in [0.25, 0.3) is 0 Å². The zero-order valence-electron chi connectivity index (χ0n) is 20.3. The van der Waals surface area contributed by atoms with Crippen LogP contribution in [-0.2, 0) is 14.3 Å². The van der Waals surface area contributed by atoms with Gasteiger partial charge in [0.25, 0.3) is 0 Å². The molecule has 3 unspecified atom stereocenters. The minimum absolute atomic E-state index is 0.0479. The lowest BCUT2D eigenvalue weighted by atomic mass is 9.91. The Labute approximate surface area is 217 Å². The number of nitrogens with zero attached hydrogens (tertiary/aromatic N) is 1. The summed E-state index contributed by atoms with van der Waals surface area (Å²) in [6, 6.07) is 5.32. The van der Waals surface area contributed by atoms with Gasteiger partial charge in [0.05, 0.1) is 11.8 Å². The van der Waals surface area contributed by atoms with Crippen LogP contribution in [0.2, 0.25) is 0 Å². The Bertz CT molecular complexity index is 1150. The van der Waals surface area contributed by atoms with Crippen molar-refractivity contribution in [2.75, 3.05) is 25.0 Å². The third-order valence-electron chi connectivity index (χ3n) is 6.71. The van der Waals surface area contributed by atoms with E-state index in [-0.39, 0.29) is 34.7 Å². The molecule has 198 valence electrons. The quantitative estimate of drug-likeness (QED) is 0.255. The number of ketones is 1. The number of likely N-dealkylation sites (tertiary alicyclic amines) is 1. The SMILES string of the molecule is CCC1CCN(CC(=O)C2CC=CS2)C[C@@H]1OC(=O)C(Nc1cc(F)c(F)c(F)c1)c1cccc(F)c1. The van der Waals surface area contributed by atoms with Gasteiger partial charge in [-0.15, -0.1) is 11.8 Å². The number of rotatable bonds is 9. The second-order valence-corrected chi connectivity index (χ2v) is 10.4. The van der Waals surface area contributed by atoms with Crippen LogP contribution in [0.5, 0.6) is 0 Å². The lowest BCUT2D eigenvalue weighted by molar-refractivity contribution is -0.156. The number of anilines is 1. The van der Waals surface area contributed by atoms with E-state index in [2.05, 4.69) is 5.32 Å². The summed E-state index contributed by atoms with van der Waals surface area (Å²) in [5.41, 5.74) is -0.0232. The second kappa shape index (κ2) is 12.1. The van der Waals surface area contributed by atoms with Crippen molar-refractivity contribution in [1.82, 2.24) is 4.90 Å². The van der Waals surface area contributed by atoms with Crippen LogP contribution in [0.3, 0.4) is 0 Å². The number of ether oxygens (including phenoxy) is 1. The number of hydrogen-bond acceptors (Lipinski definition) is 6. The normalized spacial score (nSPS) is 22.6. The molecule has 4 atom stereocenters. The molecule has 5 nitrogen and oxygen atoms in total. The highest BCUT2D eigenvalue weighted by atomic mass is 32.2. The van der Waals surface area contributed by atoms with Crippen molar-refractivity contribution in [2.24, 2.45) is 5.92 Å². The largest absolute Gasteiger partial charge is 0.459 e. The number of esters is 1. The third-order valence-corrected chi connectivity index (χ3v) is 7.85. The van der Waals surface area contributed by atoms with Gasteiger partial charge in [0.1, 0.15) is 11.9 Å². The number of benzene rings is 2. The summed E-state index contributed by atoms with van der Waals surface area (Å²) in [4.78, 5) is 28.0. The summed E-state index contributed by atoms with van der Waals surface area (Å²) in [5.74, 6) is -5.71. The molecule has 0 aromatic heterocycles. The first-order valence-electron chi connectivity index (χ1n) is 12.2. The molecule has 37 heavy (non-hydrogen) atoms. The Morgan fingerprint density at radius 3 is 2.57 bits per heavy atom. The van der Waals surface area contributed by atoms with Crippen molar-refractivity contribution >= 4 is 29.2 Å². The number of hydrogen-bond donors (Lipinski definition) is 1. The van der Waals surface area contributed by atoms with Crippen molar-refractivity contribution in [3.63, 3.8) is 0 Å². The highest BCUT2D eigenvalue weighted by Crippen LogP contribution is 2.30. The molecule has 2 aromatic carbocycles. The average molecular weight is 537 g/mol. The molecule has 0 bridgehead atoms. The van der Waals surface area contributed by atoms with Gasteiger partial charge in [0.15, 0.2) is 29.3 Å². The molecule has 2 aliphatic heterocycles. The predicted molar refractivity (Wildman–Crippen MR) is 134 cm³/mol. The molecule has 2 aromatic rings. The number of carbonyl (C=O) groups excluding carboxylic acids is 2. The van der Waals surface area contributed by atoms with Crippen molar-refractivity contribution < 1.29 is 31.9 Å². The van der Waals surface area contributed by atoms with Gasteiger partial charge in [0, 0.05) is 24.4 Å². The Kier molecular flexibility index (Phi) is 8.91. The Balaban J connectivity index is 1.51. The van der Waals surface area contributed by atoms with Crippen LogP contribution in [0, 0.1) is 29.2 Å². The molecular weight excluding hydrogens is 508 g/mol. The maximum absolute atomic E-state index is 14.0. The number of Topliss-reactive ketones (excluding diaryl/α,β-unsaturated/α-hetero) is 1. The molecule has 0 aliphatic carbocycles. The fraction of sp³-hybridized carbons (Fsp3) is 0.407. The standard InChI is InChI=1S/C27H28F4N2O3S/c1-2-16-8-9-33(14-22(34)24-7-4-10-37-24)15-23(16)36-27(35)26(17-5-3-6-18(28)11-17)32-19-12-20(29)25(31)21(30)13-19/h3-6,10-13,16,23-24,26,32H,2,7-9,14-15H2,1H3/t16?,23-,24?,26?/m0/s1. The fourth-order valence-electron chi connectivity index (χ4n) is 4.68. The Morgan fingerprint density at radius 2 is 1.92 bits per heavy atom. The second-order valence-electron chi connectivity index (χ2n) is 9.25. The molecule has 1 saturated heterocycles. The van der Waals surface area contributed by atoms with Crippen molar-refractivity contribution in [1.29, 1.82) is 0 Å².